The SMILES string of the molecule is CCS[C@]1(C)O[C@H](COC(c2ccccc2)(c2ccccc2)c2ccccc2)[C@@H](O)[C@H](O)[C@H]1O. The average Bonchev–Trinajstić information content (AvgIpc) is 2.88. The van der Waals surface area contributed by atoms with Crippen LogP contribution in [-0.4, -0.2) is 57.0 Å². The summed E-state index contributed by atoms with van der Waals surface area (Å²) in [5.74, 6) is 0.686. The predicted octanol–water partition coefficient (Wildman–Crippen LogP) is 3.95. The molecule has 0 bridgehead atoms. The molecule has 0 amide bonds. The lowest BCUT2D eigenvalue weighted by Crippen LogP contribution is -2.63. The Labute approximate surface area is 205 Å². The monoisotopic (exact) mass is 480 g/mol. The van der Waals surface area contributed by atoms with Crippen LogP contribution < -0.4 is 0 Å². The van der Waals surface area contributed by atoms with Crippen LogP contribution >= 0.6 is 11.8 Å². The molecule has 5 atom stereocenters. The minimum Gasteiger partial charge on any atom is -0.387 e. The van der Waals surface area contributed by atoms with E-state index in [9.17, 15) is 15.3 Å². The molecular formula is C28H32O5S. The van der Waals surface area contributed by atoms with Gasteiger partial charge in [0.1, 0.15) is 34.9 Å². The van der Waals surface area contributed by atoms with E-state index in [0.29, 0.717) is 5.75 Å². The first-order chi connectivity index (χ1) is 16.4. The number of hydrogen-bond acceptors (Lipinski definition) is 6. The van der Waals surface area contributed by atoms with Crippen LogP contribution in [0.25, 0.3) is 0 Å². The van der Waals surface area contributed by atoms with Crippen LogP contribution in [-0.2, 0) is 15.1 Å². The summed E-state index contributed by atoms with van der Waals surface area (Å²) in [6, 6.07) is 29.9. The smallest absolute Gasteiger partial charge is 0.143 e. The van der Waals surface area contributed by atoms with Crippen molar-refractivity contribution in [1.29, 1.82) is 0 Å². The van der Waals surface area contributed by atoms with Gasteiger partial charge in [-0.2, -0.15) is 0 Å². The Kier molecular flexibility index (Phi) is 7.77. The molecule has 0 radical (unpaired) electrons. The molecule has 34 heavy (non-hydrogen) atoms. The Morgan fingerprint density at radius 3 is 1.65 bits per heavy atom. The van der Waals surface area contributed by atoms with Gasteiger partial charge in [0.05, 0.1) is 6.61 Å². The topological polar surface area (TPSA) is 79.2 Å². The molecule has 1 saturated heterocycles. The molecule has 1 fully saturated rings. The van der Waals surface area contributed by atoms with E-state index in [4.69, 9.17) is 9.47 Å². The molecule has 1 aliphatic heterocycles. The molecule has 0 unspecified atom stereocenters. The fraction of sp³-hybridized carbons (Fsp3) is 0.357. The van der Waals surface area contributed by atoms with Crippen LogP contribution in [0.1, 0.15) is 30.5 Å². The van der Waals surface area contributed by atoms with E-state index in [-0.39, 0.29) is 6.61 Å². The van der Waals surface area contributed by atoms with Crippen molar-refractivity contribution in [3.8, 4) is 0 Å². The van der Waals surface area contributed by atoms with Gasteiger partial charge in [-0.05, 0) is 29.4 Å². The van der Waals surface area contributed by atoms with Gasteiger partial charge in [0, 0.05) is 0 Å². The van der Waals surface area contributed by atoms with Gasteiger partial charge in [-0.15, -0.1) is 11.8 Å². The van der Waals surface area contributed by atoms with Gasteiger partial charge in [-0.25, -0.2) is 0 Å². The van der Waals surface area contributed by atoms with E-state index in [0.717, 1.165) is 16.7 Å². The summed E-state index contributed by atoms with van der Waals surface area (Å²) >= 11 is 1.40. The molecule has 0 saturated carbocycles. The summed E-state index contributed by atoms with van der Waals surface area (Å²) < 4.78 is 13.0. The third-order valence-electron chi connectivity index (χ3n) is 6.41. The molecule has 0 aliphatic carbocycles. The summed E-state index contributed by atoms with van der Waals surface area (Å²) in [5, 5.41) is 32.0. The number of rotatable bonds is 8. The van der Waals surface area contributed by atoms with E-state index in [2.05, 4.69) is 0 Å². The van der Waals surface area contributed by atoms with Gasteiger partial charge in [0.15, 0.2) is 0 Å². The molecule has 4 rings (SSSR count). The van der Waals surface area contributed by atoms with Gasteiger partial charge >= 0.3 is 0 Å². The zero-order valence-corrected chi connectivity index (χ0v) is 20.3. The maximum Gasteiger partial charge on any atom is 0.143 e. The molecule has 3 N–H and O–H groups in total. The Morgan fingerprint density at radius 2 is 1.24 bits per heavy atom. The fourth-order valence-corrected chi connectivity index (χ4v) is 5.75. The fourth-order valence-electron chi connectivity index (χ4n) is 4.67. The summed E-state index contributed by atoms with van der Waals surface area (Å²) in [4.78, 5) is -1.06. The van der Waals surface area contributed by atoms with Gasteiger partial charge in [-0.1, -0.05) is 97.9 Å². The summed E-state index contributed by atoms with van der Waals surface area (Å²) in [6.07, 6.45) is -4.68. The first kappa shape index (κ1) is 24.9. The Hall–Kier alpha value is -2.19. The Morgan fingerprint density at radius 1 is 0.794 bits per heavy atom. The molecule has 180 valence electrons. The number of hydrogen-bond donors (Lipinski definition) is 3. The highest BCUT2D eigenvalue weighted by Crippen LogP contribution is 2.43. The van der Waals surface area contributed by atoms with Crippen LogP contribution in [0.15, 0.2) is 91.0 Å². The summed E-state index contributed by atoms with van der Waals surface area (Å²) in [5.41, 5.74) is 1.83. The van der Waals surface area contributed by atoms with Crippen molar-refractivity contribution in [2.45, 2.75) is 48.8 Å². The predicted molar refractivity (Wildman–Crippen MR) is 135 cm³/mol. The molecule has 3 aromatic rings. The maximum atomic E-state index is 10.8. The third kappa shape index (κ3) is 4.67. The lowest BCUT2D eigenvalue weighted by atomic mass is 9.80. The van der Waals surface area contributed by atoms with Gasteiger partial charge in [0.2, 0.25) is 0 Å². The Bertz CT molecular complexity index is 936. The minimum absolute atomic E-state index is 0.00347. The second-order valence-electron chi connectivity index (χ2n) is 8.62. The first-order valence-electron chi connectivity index (χ1n) is 11.6. The zero-order valence-electron chi connectivity index (χ0n) is 19.5. The van der Waals surface area contributed by atoms with Gasteiger partial charge < -0.3 is 24.8 Å². The van der Waals surface area contributed by atoms with Crippen molar-refractivity contribution >= 4 is 11.8 Å². The molecule has 1 heterocycles. The van der Waals surface area contributed by atoms with Crippen LogP contribution in [0.4, 0.5) is 0 Å². The van der Waals surface area contributed by atoms with Gasteiger partial charge in [0.25, 0.3) is 0 Å². The highest BCUT2D eigenvalue weighted by molar-refractivity contribution is 8.00. The summed E-state index contributed by atoms with van der Waals surface area (Å²) in [7, 11) is 0. The third-order valence-corrected chi connectivity index (χ3v) is 7.61. The number of benzene rings is 3. The van der Waals surface area contributed by atoms with Crippen LogP contribution in [0.2, 0.25) is 0 Å². The number of aliphatic hydroxyl groups excluding tert-OH is 3. The van der Waals surface area contributed by atoms with Crippen LogP contribution in [0, 0.1) is 0 Å². The molecule has 1 aliphatic rings. The zero-order chi connectivity index (χ0) is 24.2. The van der Waals surface area contributed by atoms with E-state index in [1.807, 2.05) is 97.9 Å². The van der Waals surface area contributed by atoms with Crippen LogP contribution in [0.5, 0.6) is 0 Å². The van der Waals surface area contributed by atoms with Crippen molar-refractivity contribution < 1.29 is 24.8 Å². The standard InChI is InChI=1S/C28H32O5S/c1-3-34-27(2)26(31)25(30)24(29)23(33-27)19-32-28(20-13-7-4-8-14-20,21-15-9-5-10-16-21)22-17-11-6-12-18-22/h4-18,23-26,29-31H,3,19H2,1-2H3/t23-,24-,25+,26-,27+/m1/s1. The highest BCUT2D eigenvalue weighted by atomic mass is 32.2. The quantitative estimate of drug-likeness (QED) is 0.424. The maximum absolute atomic E-state index is 10.8. The van der Waals surface area contributed by atoms with Crippen molar-refractivity contribution in [3.63, 3.8) is 0 Å². The van der Waals surface area contributed by atoms with E-state index in [1.165, 1.54) is 11.8 Å². The molecule has 3 aromatic carbocycles. The highest BCUT2D eigenvalue weighted by Gasteiger charge is 2.51. The molecular weight excluding hydrogens is 448 g/mol. The lowest BCUT2D eigenvalue weighted by Gasteiger charge is -2.47. The van der Waals surface area contributed by atoms with Crippen molar-refractivity contribution in [2.24, 2.45) is 0 Å². The molecule has 0 aromatic heterocycles. The second-order valence-corrected chi connectivity index (χ2v) is 10.3. The van der Waals surface area contributed by atoms with E-state index < -0.39 is 34.9 Å². The second kappa shape index (κ2) is 10.6. The Balaban J connectivity index is 1.77. The largest absolute Gasteiger partial charge is 0.387 e. The van der Waals surface area contributed by atoms with Crippen molar-refractivity contribution in [1.82, 2.24) is 0 Å². The van der Waals surface area contributed by atoms with Crippen molar-refractivity contribution in [2.75, 3.05) is 12.4 Å². The molecule has 5 nitrogen and oxygen atoms in total. The van der Waals surface area contributed by atoms with Crippen molar-refractivity contribution in [3.05, 3.63) is 108 Å². The minimum atomic E-state index is -1.34. The summed E-state index contributed by atoms with van der Waals surface area (Å²) in [6.45, 7) is 3.70. The number of aliphatic hydroxyl groups is 3. The number of thioether (sulfide) groups is 1. The lowest BCUT2D eigenvalue weighted by molar-refractivity contribution is -0.245. The van der Waals surface area contributed by atoms with E-state index in [1.54, 1.807) is 6.92 Å². The molecule has 6 heteroatoms. The first-order valence-corrected chi connectivity index (χ1v) is 12.6. The van der Waals surface area contributed by atoms with E-state index >= 15 is 0 Å². The van der Waals surface area contributed by atoms with Gasteiger partial charge in [-0.3, -0.25) is 0 Å². The average molecular weight is 481 g/mol. The molecule has 0 spiro atoms. The number of ether oxygens (including phenoxy) is 2. The normalized spacial score (nSPS) is 27.4. The van der Waals surface area contributed by atoms with Crippen LogP contribution in [0.3, 0.4) is 0 Å².